The van der Waals surface area contributed by atoms with E-state index in [2.05, 4.69) is 5.32 Å². The van der Waals surface area contributed by atoms with Gasteiger partial charge in [0.15, 0.2) is 11.9 Å². The molecule has 0 aliphatic carbocycles. The number of benzene rings is 1. The average molecular weight is 400 g/mol. The molecule has 1 aromatic carbocycles. The second kappa shape index (κ2) is 8.91. The summed E-state index contributed by atoms with van der Waals surface area (Å²) in [5.41, 5.74) is 0.717. The van der Waals surface area contributed by atoms with Crippen molar-refractivity contribution in [3.8, 4) is 5.75 Å². The number of carbonyl (C=O) groups excluding carboxylic acids is 3. The molecule has 0 radical (unpaired) electrons. The van der Waals surface area contributed by atoms with Gasteiger partial charge in [0.2, 0.25) is 11.7 Å². The number of hydrogen-bond acceptors (Lipinski definition) is 6. The molecule has 0 saturated carbocycles. The minimum absolute atomic E-state index is 0.182. The molecule has 8 heteroatoms. The first-order chi connectivity index (χ1) is 13.9. The zero-order valence-electron chi connectivity index (χ0n) is 16.6. The van der Waals surface area contributed by atoms with Crippen LogP contribution in [0.2, 0.25) is 0 Å². The highest BCUT2D eigenvalue weighted by Gasteiger charge is 2.35. The zero-order chi connectivity index (χ0) is 21.0. The van der Waals surface area contributed by atoms with E-state index in [4.69, 9.17) is 13.9 Å². The average Bonchev–Trinajstić information content (AvgIpc) is 3.24. The summed E-state index contributed by atoms with van der Waals surface area (Å²) >= 11 is 0. The number of anilines is 1. The van der Waals surface area contributed by atoms with Crippen molar-refractivity contribution in [2.24, 2.45) is 0 Å². The van der Waals surface area contributed by atoms with Crippen LogP contribution < -0.4 is 15.0 Å². The molecular formula is C21H24N2O6. The smallest absolute Gasteiger partial charge is 0.268 e. The third kappa shape index (κ3) is 4.48. The van der Waals surface area contributed by atoms with Crippen molar-refractivity contribution in [2.45, 2.75) is 32.4 Å². The lowest BCUT2D eigenvalue weighted by Crippen LogP contribution is -2.51. The molecule has 1 aliphatic rings. The SMILES string of the molecule is CCC1Oc2ccc(C(=O)c3ccco3)cc2N(CC(=O)NC(C)COC)C1=O. The number of ether oxygens (including phenoxy) is 2. The summed E-state index contributed by atoms with van der Waals surface area (Å²) in [6.07, 6.45) is 1.20. The molecule has 1 aliphatic heterocycles. The number of fused-ring (bicyclic) bond motifs is 1. The first-order valence-corrected chi connectivity index (χ1v) is 9.43. The number of nitrogens with zero attached hydrogens (tertiary/aromatic N) is 1. The highest BCUT2D eigenvalue weighted by Crippen LogP contribution is 2.36. The van der Waals surface area contributed by atoms with E-state index in [0.717, 1.165) is 0 Å². The molecule has 0 fully saturated rings. The van der Waals surface area contributed by atoms with Gasteiger partial charge >= 0.3 is 0 Å². The molecule has 8 nitrogen and oxygen atoms in total. The largest absolute Gasteiger partial charge is 0.478 e. The number of ketones is 1. The van der Waals surface area contributed by atoms with Crippen molar-refractivity contribution in [1.82, 2.24) is 5.32 Å². The summed E-state index contributed by atoms with van der Waals surface area (Å²) in [6.45, 7) is 3.82. The molecule has 3 rings (SSSR count). The highest BCUT2D eigenvalue weighted by molar-refractivity contribution is 6.10. The van der Waals surface area contributed by atoms with E-state index >= 15 is 0 Å². The van der Waals surface area contributed by atoms with Gasteiger partial charge in [0.25, 0.3) is 5.91 Å². The molecule has 0 spiro atoms. The molecule has 2 aromatic rings. The van der Waals surface area contributed by atoms with Gasteiger partial charge in [0, 0.05) is 18.7 Å². The van der Waals surface area contributed by atoms with E-state index < -0.39 is 6.10 Å². The van der Waals surface area contributed by atoms with Gasteiger partial charge in [-0.3, -0.25) is 19.3 Å². The fourth-order valence-electron chi connectivity index (χ4n) is 3.19. The van der Waals surface area contributed by atoms with Crippen LogP contribution in [-0.2, 0) is 14.3 Å². The molecule has 154 valence electrons. The van der Waals surface area contributed by atoms with Crippen LogP contribution in [0.15, 0.2) is 41.0 Å². The van der Waals surface area contributed by atoms with Gasteiger partial charge in [-0.1, -0.05) is 6.92 Å². The van der Waals surface area contributed by atoms with Gasteiger partial charge < -0.3 is 19.2 Å². The standard InChI is InChI=1S/C21H24N2O6/c1-4-16-21(26)23(11-19(24)22-13(2)12-27-3)15-10-14(7-8-17(15)29-16)20(25)18-6-5-9-28-18/h5-10,13,16H,4,11-12H2,1-3H3,(H,22,24). The Labute approximate surface area is 168 Å². The Hall–Kier alpha value is -3.13. The Bertz CT molecular complexity index is 893. The summed E-state index contributed by atoms with van der Waals surface area (Å²) < 4.78 is 16.0. The maximum Gasteiger partial charge on any atom is 0.268 e. The number of nitrogens with one attached hydrogen (secondary N) is 1. The number of amides is 2. The van der Waals surface area contributed by atoms with E-state index in [1.54, 1.807) is 37.4 Å². The van der Waals surface area contributed by atoms with E-state index in [-0.39, 0.29) is 35.9 Å². The molecule has 2 heterocycles. The monoisotopic (exact) mass is 400 g/mol. The maximum atomic E-state index is 12.9. The Morgan fingerprint density at radius 1 is 1.31 bits per heavy atom. The molecule has 2 amide bonds. The normalized spacial score (nSPS) is 16.7. The van der Waals surface area contributed by atoms with Crippen molar-refractivity contribution >= 4 is 23.3 Å². The van der Waals surface area contributed by atoms with Crippen LogP contribution in [0.1, 0.15) is 36.4 Å². The minimum Gasteiger partial charge on any atom is -0.478 e. The molecule has 29 heavy (non-hydrogen) atoms. The lowest BCUT2D eigenvalue weighted by atomic mass is 10.0. The predicted molar refractivity (Wildman–Crippen MR) is 105 cm³/mol. The van der Waals surface area contributed by atoms with Crippen molar-refractivity contribution < 1.29 is 28.3 Å². The Morgan fingerprint density at radius 3 is 2.76 bits per heavy atom. The van der Waals surface area contributed by atoms with Crippen LogP contribution in [0.4, 0.5) is 5.69 Å². The minimum atomic E-state index is -0.682. The van der Waals surface area contributed by atoms with Gasteiger partial charge in [-0.25, -0.2) is 0 Å². The summed E-state index contributed by atoms with van der Waals surface area (Å²) in [4.78, 5) is 39.3. The van der Waals surface area contributed by atoms with Crippen molar-refractivity contribution in [3.05, 3.63) is 47.9 Å². The Morgan fingerprint density at radius 2 is 2.10 bits per heavy atom. The molecule has 1 N–H and O–H groups in total. The summed E-state index contributed by atoms with van der Waals surface area (Å²) in [7, 11) is 1.55. The number of carbonyl (C=O) groups is 3. The van der Waals surface area contributed by atoms with Gasteiger partial charge in [0.05, 0.1) is 18.6 Å². The zero-order valence-corrected chi connectivity index (χ0v) is 16.6. The quantitative estimate of drug-likeness (QED) is 0.682. The van der Waals surface area contributed by atoms with Crippen LogP contribution in [-0.4, -0.2) is 50.0 Å². The predicted octanol–water partition coefficient (Wildman–Crippen LogP) is 2.17. The van der Waals surface area contributed by atoms with Crippen LogP contribution in [0.25, 0.3) is 0 Å². The van der Waals surface area contributed by atoms with Gasteiger partial charge in [-0.05, 0) is 43.7 Å². The Balaban J connectivity index is 1.89. The lowest BCUT2D eigenvalue weighted by Gasteiger charge is -2.34. The number of rotatable bonds is 8. The first-order valence-electron chi connectivity index (χ1n) is 9.43. The first kappa shape index (κ1) is 20.6. The van der Waals surface area contributed by atoms with Gasteiger partial charge in [0.1, 0.15) is 12.3 Å². The van der Waals surface area contributed by atoms with Crippen LogP contribution in [0.5, 0.6) is 5.75 Å². The molecule has 2 atom stereocenters. The molecule has 0 bridgehead atoms. The van der Waals surface area contributed by atoms with Crippen molar-refractivity contribution in [1.29, 1.82) is 0 Å². The van der Waals surface area contributed by atoms with Gasteiger partial charge in [-0.2, -0.15) is 0 Å². The summed E-state index contributed by atoms with van der Waals surface area (Å²) in [6, 6.07) is 7.80. The van der Waals surface area contributed by atoms with E-state index in [1.165, 1.54) is 11.2 Å². The molecule has 0 saturated heterocycles. The van der Waals surface area contributed by atoms with Gasteiger partial charge in [-0.15, -0.1) is 0 Å². The molecule has 1 aromatic heterocycles. The molecular weight excluding hydrogens is 376 g/mol. The van der Waals surface area contributed by atoms with Crippen LogP contribution in [0.3, 0.4) is 0 Å². The second-order valence-corrected chi connectivity index (χ2v) is 6.85. The summed E-state index contributed by atoms with van der Waals surface area (Å²) in [5.74, 6) is -0.325. The number of hydrogen-bond donors (Lipinski definition) is 1. The fraction of sp³-hybridized carbons (Fsp3) is 0.381. The second-order valence-electron chi connectivity index (χ2n) is 6.85. The number of furan rings is 1. The highest BCUT2D eigenvalue weighted by atomic mass is 16.5. The molecule has 2 unspecified atom stereocenters. The van der Waals surface area contributed by atoms with E-state index in [1.807, 2.05) is 13.8 Å². The third-order valence-corrected chi connectivity index (χ3v) is 4.56. The maximum absolute atomic E-state index is 12.9. The summed E-state index contributed by atoms with van der Waals surface area (Å²) in [5, 5.41) is 2.79. The van der Waals surface area contributed by atoms with Crippen molar-refractivity contribution in [2.75, 3.05) is 25.2 Å². The van der Waals surface area contributed by atoms with Crippen LogP contribution >= 0.6 is 0 Å². The lowest BCUT2D eigenvalue weighted by molar-refractivity contribution is -0.129. The van der Waals surface area contributed by atoms with Crippen molar-refractivity contribution in [3.63, 3.8) is 0 Å². The fourth-order valence-corrected chi connectivity index (χ4v) is 3.19. The van der Waals surface area contributed by atoms with E-state index in [9.17, 15) is 14.4 Å². The third-order valence-electron chi connectivity index (χ3n) is 4.56. The number of methoxy groups -OCH3 is 1. The van der Waals surface area contributed by atoms with Crippen LogP contribution in [0, 0.1) is 0 Å². The Kier molecular flexibility index (Phi) is 6.33. The van der Waals surface area contributed by atoms with E-state index in [0.29, 0.717) is 30.0 Å². The topological polar surface area (TPSA) is 98.1 Å².